The number of aliphatic hydroxyl groups excluding tert-OH is 1. The van der Waals surface area contributed by atoms with Crippen LogP contribution in [0.3, 0.4) is 0 Å². The SMILES string of the molecule is COc1ccc(N2C/C=C\CCC(=O)N(C)[C@@H](C)[C@H](c3ccccc3)OC(=O)[C@H]3[C@@H]4O[C@@]5(C=C4Br)[C@@H]3C(=O)N([C@@H](CO)C(C)C)[C@@H]5C2=O)cc1. The van der Waals surface area contributed by atoms with E-state index in [-0.39, 0.29) is 24.8 Å². The van der Waals surface area contributed by atoms with E-state index in [4.69, 9.17) is 14.2 Å². The molecule has 2 aromatic rings. The first-order valence-electron chi connectivity index (χ1n) is 17.1. The van der Waals surface area contributed by atoms with E-state index in [1.807, 2.05) is 63.3 Å². The maximum Gasteiger partial charge on any atom is 0.313 e. The van der Waals surface area contributed by atoms with Gasteiger partial charge in [-0.25, -0.2) is 0 Å². The molecule has 266 valence electrons. The van der Waals surface area contributed by atoms with Gasteiger partial charge in [-0.15, -0.1) is 0 Å². The highest BCUT2D eigenvalue weighted by Crippen LogP contribution is 2.59. The lowest BCUT2D eigenvalue weighted by molar-refractivity contribution is -0.164. The number of nitrogens with zero attached hydrogens (tertiary/aromatic N) is 3. The van der Waals surface area contributed by atoms with Crippen LogP contribution in [-0.2, 0) is 28.7 Å². The van der Waals surface area contributed by atoms with Crippen LogP contribution in [-0.4, -0.2) is 95.7 Å². The summed E-state index contributed by atoms with van der Waals surface area (Å²) in [6.07, 6.45) is 4.35. The molecule has 3 amide bonds. The Morgan fingerprint density at radius 2 is 1.70 bits per heavy atom. The molecule has 4 aliphatic rings. The molecule has 0 aliphatic carbocycles. The standard InChI is InChI=1S/C38H44BrN3O8/c1-22(2)28(21-43)42-34-36(46)41(25-15-17-26(48-5)18-16-25)19-11-7-10-14-29(44)40(4)23(3)32(24-12-8-6-9-13-24)49-37(47)30-31(35(42)45)38(34)20-27(39)33(30)50-38/h6-9,11-13,15-18,20,22-23,28,30-34,43H,10,14,19,21H2,1-5H3/b11-7-/t23-,28-,30+,31-,32+,33+,34+,38-/m0/s1. The highest BCUT2D eigenvalue weighted by atomic mass is 79.9. The van der Waals surface area contributed by atoms with Crippen LogP contribution in [0.2, 0.25) is 0 Å². The Morgan fingerprint density at radius 3 is 2.34 bits per heavy atom. The minimum Gasteiger partial charge on any atom is -0.497 e. The van der Waals surface area contributed by atoms with Gasteiger partial charge in [0, 0.05) is 30.2 Å². The van der Waals surface area contributed by atoms with Crippen molar-refractivity contribution in [1.82, 2.24) is 9.80 Å². The number of hydrogen-bond donors (Lipinski definition) is 1. The third-order valence-corrected chi connectivity index (χ3v) is 11.3. The number of methoxy groups -OCH3 is 1. The highest BCUT2D eigenvalue weighted by Gasteiger charge is 2.75. The van der Waals surface area contributed by atoms with Crippen molar-refractivity contribution in [3.8, 4) is 5.75 Å². The van der Waals surface area contributed by atoms with Gasteiger partial charge >= 0.3 is 5.97 Å². The maximum absolute atomic E-state index is 15.1. The third-order valence-electron chi connectivity index (χ3n) is 10.6. The molecule has 12 heteroatoms. The minimum atomic E-state index is -1.52. The molecule has 8 atom stereocenters. The molecule has 1 N–H and O–H groups in total. The smallest absolute Gasteiger partial charge is 0.313 e. The van der Waals surface area contributed by atoms with Gasteiger partial charge in [0.2, 0.25) is 11.8 Å². The zero-order chi connectivity index (χ0) is 35.9. The van der Waals surface area contributed by atoms with Gasteiger partial charge in [0.25, 0.3) is 5.91 Å². The highest BCUT2D eigenvalue weighted by molar-refractivity contribution is 9.11. The molecule has 11 nitrogen and oxygen atoms in total. The monoisotopic (exact) mass is 749 g/mol. The first-order valence-corrected chi connectivity index (χ1v) is 17.8. The molecule has 1 spiro atoms. The van der Waals surface area contributed by atoms with E-state index in [1.165, 1.54) is 4.90 Å². The van der Waals surface area contributed by atoms with Gasteiger partial charge in [0.1, 0.15) is 35.5 Å². The van der Waals surface area contributed by atoms with Gasteiger partial charge < -0.3 is 34.0 Å². The maximum atomic E-state index is 15.1. The molecule has 50 heavy (non-hydrogen) atoms. The van der Waals surface area contributed by atoms with E-state index in [2.05, 4.69) is 15.9 Å². The second-order valence-corrected chi connectivity index (χ2v) is 14.7. The molecular formula is C38H44BrN3O8. The van der Waals surface area contributed by atoms with Crippen LogP contribution in [0.4, 0.5) is 5.69 Å². The van der Waals surface area contributed by atoms with Crippen molar-refractivity contribution >= 4 is 45.3 Å². The number of ether oxygens (including phenoxy) is 3. The van der Waals surface area contributed by atoms with E-state index < -0.39 is 72.2 Å². The zero-order valence-electron chi connectivity index (χ0n) is 28.9. The lowest BCUT2D eigenvalue weighted by Crippen LogP contribution is -2.59. The fourth-order valence-corrected chi connectivity index (χ4v) is 8.55. The molecule has 2 fully saturated rings. The minimum absolute atomic E-state index is 0.131. The molecule has 0 unspecified atom stereocenters. The summed E-state index contributed by atoms with van der Waals surface area (Å²) in [5.74, 6) is -3.51. The van der Waals surface area contributed by atoms with Crippen LogP contribution in [0.5, 0.6) is 5.75 Å². The number of rotatable bonds is 6. The summed E-state index contributed by atoms with van der Waals surface area (Å²) < 4.78 is 18.9. The Balaban J connectivity index is 1.51. The molecule has 5 bridgehead atoms. The fourth-order valence-electron chi connectivity index (χ4n) is 7.82. The lowest BCUT2D eigenvalue weighted by Gasteiger charge is -2.40. The molecule has 4 heterocycles. The van der Waals surface area contributed by atoms with Crippen molar-refractivity contribution in [2.45, 2.75) is 69.5 Å². The Labute approximate surface area is 301 Å². The van der Waals surface area contributed by atoms with Crippen LogP contribution in [0, 0.1) is 17.8 Å². The quantitative estimate of drug-likeness (QED) is 0.341. The van der Waals surface area contributed by atoms with Crippen molar-refractivity contribution in [2.24, 2.45) is 17.8 Å². The number of allylic oxidation sites excluding steroid dienone is 1. The summed E-state index contributed by atoms with van der Waals surface area (Å²) >= 11 is 3.61. The Hall–Kier alpha value is -4.00. The number of carbonyl (C=O) groups is 4. The van der Waals surface area contributed by atoms with E-state index in [1.54, 1.807) is 54.3 Å². The summed E-state index contributed by atoms with van der Waals surface area (Å²) in [7, 11) is 3.25. The second-order valence-electron chi connectivity index (χ2n) is 13.7. The van der Waals surface area contributed by atoms with Crippen molar-refractivity contribution in [3.05, 3.63) is 82.9 Å². The number of likely N-dealkylation sites (tertiary alicyclic amines) is 1. The largest absolute Gasteiger partial charge is 0.497 e. The Morgan fingerprint density at radius 1 is 1.00 bits per heavy atom. The van der Waals surface area contributed by atoms with E-state index >= 15 is 4.79 Å². The third kappa shape index (κ3) is 6.05. The summed E-state index contributed by atoms with van der Waals surface area (Å²) in [5, 5.41) is 10.7. The average Bonchev–Trinajstić information content (AvgIpc) is 3.71. The number of likely N-dealkylation sites (N-methyl/N-ethyl adjacent to an activating group) is 1. The van der Waals surface area contributed by atoms with Crippen molar-refractivity contribution in [3.63, 3.8) is 0 Å². The van der Waals surface area contributed by atoms with Gasteiger partial charge in [0.15, 0.2) is 0 Å². The predicted molar refractivity (Wildman–Crippen MR) is 189 cm³/mol. The van der Waals surface area contributed by atoms with E-state index in [0.717, 1.165) is 0 Å². The topological polar surface area (TPSA) is 126 Å². The van der Waals surface area contributed by atoms with Crippen LogP contribution in [0.25, 0.3) is 0 Å². The molecular weight excluding hydrogens is 706 g/mol. The predicted octanol–water partition coefficient (Wildman–Crippen LogP) is 4.40. The summed E-state index contributed by atoms with van der Waals surface area (Å²) in [5.41, 5.74) is -0.272. The first kappa shape index (κ1) is 35.8. The zero-order valence-corrected chi connectivity index (χ0v) is 30.5. The number of halogens is 1. The van der Waals surface area contributed by atoms with Gasteiger partial charge in [-0.1, -0.05) is 72.3 Å². The van der Waals surface area contributed by atoms with Crippen LogP contribution >= 0.6 is 15.9 Å². The van der Waals surface area contributed by atoms with Crippen LogP contribution in [0.15, 0.2) is 77.3 Å². The second kappa shape index (κ2) is 14.3. The van der Waals surface area contributed by atoms with Crippen LogP contribution in [0.1, 0.15) is 45.3 Å². The van der Waals surface area contributed by atoms with Gasteiger partial charge in [-0.3, -0.25) is 19.2 Å². The van der Waals surface area contributed by atoms with Gasteiger partial charge in [-0.2, -0.15) is 0 Å². The molecule has 0 saturated carbocycles. The first-order chi connectivity index (χ1) is 23.9. The van der Waals surface area contributed by atoms with E-state index in [9.17, 15) is 19.5 Å². The number of benzene rings is 2. The number of hydrogen-bond acceptors (Lipinski definition) is 8. The number of amides is 3. The lowest BCUT2D eigenvalue weighted by atomic mass is 9.74. The molecule has 6 rings (SSSR count). The van der Waals surface area contributed by atoms with Crippen molar-refractivity contribution in [2.75, 3.05) is 32.2 Å². The number of cyclic esters (lactones) is 1. The normalized spacial score (nSPS) is 31.5. The Bertz CT molecular complexity index is 1680. The van der Waals surface area contributed by atoms with Crippen molar-refractivity contribution in [1.29, 1.82) is 0 Å². The van der Waals surface area contributed by atoms with Gasteiger partial charge in [-0.05, 0) is 55.2 Å². The number of esters is 1. The summed E-state index contributed by atoms with van der Waals surface area (Å²) in [6.45, 7) is 5.33. The molecule has 2 aromatic carbocycles. The number of fused-ring (bicyclic) bond motifs is 2. The number of anilines is 1. The number of carbonyl (C=O) groups excluding carboxylic acids is 4. The molecule has 0 radical (unpaired) electrons. The number of aliphatic hydroxyl groups is 1. The fraction of sp³-hybridized carbons (Fsp3) is 0.474. The average molecular weight is 751 g/mol. The summed E-state index contributed by atoms with van der Waals surface area (Å²) in [6, 6.07) is 13.7. The molecule has 0 aromatic heterocycles. The summed E-state index contributed by atoms with van der Waals surface area (Å²) in [4.78, 5) is 62.4. The van der Waals surface area contributed by atoms with Crippen molar-refractivity contribution < 1.29 is 38.5 Å². The molecule has 4 aliphatic heterocycles. The Kier molecular flexibility index (Phi) is 10.3. The van der Waals surface area contributed by atoms with Gasteiger partial charge in [0.05, 0.1) is 31.7 Å². The van der Waals surface area contributed by atoms with E-state index in [0.29, 0.717) is 27.9 Å². The molecule has 2 saturated heterocycles. The van der Waals surface area contributed by atoms with Crippen LogP contribution < -0.4 is 9.64 Å².